The third-order valence-electron chi connectivity index (χ3n) is 11.2. The number of piperazine rings is 1. The average Bonchev–Trinajstić information content (AvgIpc) is 3.67. The molecule has 8 rings (SSSR count). The number of amides is 1. The van der Waals surface area contributed by atoms with Crippen LogP contribution in [-0.2, 0) is 22.4 Å². The molecule has 2 unspecified atom stereocenters. The summed E-state index contributed by atoms with van der Waals surface area (Å²) in [5.41, 5.74) is 2.18. The minimum Gasteiger partial charge on any atom is -0.461 e. The average molecular weight is 693 g/mol. The maximum Gasteiger partial charge on any atom is 0.411 e. The molecule has 12 heteroatoms. The van der Waals surface area contributed by atoms with Gasteiger partial charge in [-0.05, 0) is 70.5 Å². The molecule has 3 aromatic rings. The van der Waals surface area contributed by atoms with Crippen LogP contribution in [0.25, 0.3) is 10.8 Å². The molecule has 2 bridgehead atoms. The first-order valence-electron chi connectivity index (χ1n) is 17.6. The van der Waals surface area contributed by atoms with Crippen LogP contribution in [-0.4, -0.2) is 108 Å². The summed E-state index contributed by atoms with van der Waals surface area (Å²) in [5, 5.41) is 2.85. The maximum absolute atomic E-state index is 14.6. The van der Waals surface area contributed by atoms with Crippen molar-refractivity contribution in [3.05, 3.63) is 52.7 Å². The van der Waals surface area contributed by atoms with E-state index in [1.165, 1.54) is 0 Å². The summed E-state index contributed by atoms with van der Waals surface area (Å²) >= 11 is 6.76. The quantitative estimate of drug-likeness (QED) is 0.308. The van der Waals surface area contributed by atoms with Crippen molar-refractivity contribution in [1.29, 1.82) is 0 Å². The normalized spacial score (nSPS) is 28.2. The molecule has 0 N–H and O–H groups in total. The van der Waals surface area contributed by atoms with E-state index in [1.54, 1.807) is 7.11 Å². The molecule has 1 amide bonds. The highest BCUT2D eigenvalue weighted by Crippen LogP contribution is 2.42. The fourth-order valence-electron chi connectivity index (χ4n) is 9.04. The Balaban J connectivity index is 1.13. The molecule has 0 radical (unpaired) electrons. The number of anilines is 2. The number of fused-ring (bicyclic) bond motifs is 5. The SMILES string of the molecule is CO[C@@H]1C[C@@H]2CN(c3nc(OCC45CCCN4CC(F)C5)nc4c3CCN(c3cccc5cccc(Cl)c35)C4)C[C@H]1N2C(=O)OC(C)(C)C. The fourth-order valence-corrected chi connectivity index (χ4v) is 9.32. The van der Waals surface area contributed by atoms with E-state index in [0.29, 0.717) is 45.2 Å². The van der Waals surface area contributed by atoms with Crippen molar-refractivity contribution >= 4 is 40.0 Å². The first kappa shape index (κ1) is 32.8. The van der Waals surface area contributed by atoms with E-state index >= 15 is 0 Å². The molecule has 5 atom stereocenters. The minimum atomic E-state index is -0.838. The van der Waals surface area contributed by atoms with Crippen molar-refractivity contribution in [3.63, 3.8) is 0 Å². The number of hydrogen-bond donors (Lipinski definition) is 0. The van der Waals surface area contributed by atoms with E-state index in [2.05, 4.69) is 39.0 Å². The fraction of sp³-hybridized carbons (Fsp3) is 0.595. The topological polar surface area (TPSA) is 83.5 Å². The van der Waals surface area contributed by atoms with Crippen LogP contribution in [0.4, 0.5) is 20.7 Å². The van der Waals surface area contributed by atoms with Crippen molar-refractivity contribution in [1.82, 2.24) is 19.8 Å². The Bertz CT molecular complexity index is 1750. The predicted octanol–water partition coefficient (Wildman–Crippen LogP) is 6.01. The van der Waals surface area contributed by atoms with Gasteiger partial charge in [0, 0.05) is 56.3 Å². The molecule has 4 saturated heterocycles. The standard InChI is InChI=1S/C37H46ClFN6O4/c1-36(2,3)49-35(46)45-25-16-31(47-4)30(45)21-43(19-25)33-26-12-15-42(29-11-6-9-23-8-5-10-27(38)32(23)29)20-28(26)40-34(41-33)48-22-37-13-7-14-44(37)18-24(39)17-37/h5-6,8-11,24-25,30-31H,7,12-22H2,1-4H3/t24?,25-,30-,31-,37?/m1/s1. The number of alkyl halides is 1. The smallest absolute Gasteiger partial charge is 0.411 e. The number of carbonyl (C=O) groups excluding carboxylic acids is 1. The summed E-state index contributed by atoms with van der Waals surface area (Å²) < 4.78 is 32.9. The Morgan fingerprint density at radius 3 is 2.69 bits per heavy atom. The summed E-state index contributed by atoms with van der Waals surface area (Å²) in [7, 11) is 1.71. The summed E-state index contributed by atoms with van der Waals surface area (Å²) in [6, 6.07) is 12.3. The molecular formula is C37H46ClFN6O4. The van der Waals surface area contributed by atoms with Gasteiger partial charge in [-0.25, -0.2) is 9.18 Å². The lowest BCUT2D eigenvalue weighted by Gasteiger charge is -2.43. The Kier molecular flexibility index (Phi) is 8.31. The number of ether oxygens (including phenoxy) is 3. The van der Waals surface area contributed by atoms with Gasteiger partial charge in [0.2, 0.25) is 0 Å². The van der Waals surface area contributed by atoms with Crippen LogP contribution in [0.2, 0.25) is 5.02 Å². The molecule has 49 heavy (non-hydrogen) atoms. The van der Waals surface area contributed by atoms with Gasteiger partial charge in [0.1, 0.15) is 24.2 Å². The summed E-state index contributed by atoms with van der Waals surface area (Å²) in [4.78, 5) is 32.3. The number of halogens is 2. The Morgan fingerprint density at radius 2 is 1.90 bits per heavy atom. The molecule has 4 fully saturated rings. The van der Waals surface area contributed by atoms with Gasteiger partial charge in [-0.1, -0.05) is 35.9 Å². The van der Waals surface area contributed by atoms with Gasteiger partial charge in [0.25, 0.3) is 0 Å². The lowest BCUT2D eigenvalue weighted by Crippen LogP contribution is -2.58. The zero-order valence-corrected chi connectivity index (χ0v) is 29.6. The van der Waals surface area contributed by atoms with E-state index in [4.69, 9.17) is 35.8 Å². The summed E-state index contributed by atoms with van der Waals surface area (Å²) in [6.07, 6.45) is 2.66. The second-order valence-electron chi connectivity index (χ2n) is 15.4. The second kappa shape index (κ2) is 12.4. The van der Waals surface area contributed by atoms with Gasteiger partial charge in [-0.2, -0.15) is 9.97 Å². The zero-order chi connectivity index (χ0) is 34.1. The van der Waals surface area contributed by atoms with Crippen molar-refractivity contribution in [2.24, 2.45) is 0 Å². The minimum absolute atomic E-state index is 0.0858. The molecule has 2 aromatic carbocycles. The lowest BCUT2D eigenvalue weighted by molar-refractivity contribution is 0.00209. The van der Waals surface area contributed by atoms with Gasteiger partial charge < -0.3 is 24.0 Å². The molecule has 5 aliphatic heterocycles. The maximum atomic E-state index is 14.6. The van der Waals surface area contributed by atoms with Crippen LogP contribution >= 0.6 is 11.6 Å². The van der Waals surface area contributed by atoms with Gasteiger partial charge in [0.05, 0.1) is 41.0 Å². The van der Waals surface area contributed by atoms with E-state index in [-0.39, 0.29) is 29.8 Å². The van der Waals surface area contributed by atoms with E-state index in [9.17, 15) is 9.18 Å². The van der Waals surface area contributed by atoms with Crippen LogP contribution in [0.5, 0.6) is 6.01 Å². The zero-order valence-electron chi connectivity index (χ0n) is 28.8. The Morgan fingerprint density at radius 1 is 1.08 bits per heavy atom. The van der Waals surface area contributed by atoms with Crippen molar-refractivity contribution in [2.75, 3.05) is 56.2 Å². The summed E-state index contributed by atoms with van der Waals surface area (Å²) in [5.74, 6) is 0.849. The molecule has 0 aliphatic carbocycles. The van der Waals surface area contributed by atoms with Crippen molar-refractivity contribution in [2.45, 2.75) is 94.9 Å². The number of methoxy groups -OCH3 is 1. The van der Waals surface area contributed by atoms with Gasteiger partial charge in [-0.3, -0.25) is 9.80 Å². The third-order valence-corrected chi connectivity index (χ3v) is 11.5. The third kappa shape index (κ3) is 5.95. The highest BCUT2D eigenvalue weighted by molar-refractivity contribution is 6.36. The number of nitrogens with zero attached hydrogens (tertiary/aromatic N) is 6. The molecule has 10 nitrogen and oxygen atoms in total. The Hall–Kier alpha value is -3.41. The largest absolute Gasteiger partial charge is 0.461 e. The number of carbonyl (C=O) groups is 1. The van der Waals surface area contributed by atoms with Crippen LogP contribution in [0.15, 0.2) is 36.4 Å². The molecular weight excluding hydrogens is 647 g/mol. The monoisotopic (exact) mass is 692 g/mol. The van der Waals surface area contributed by atoms with Crippen molar-refractivity contribution < 1.29 is 23.4 Å². The van der Waals surface area contributed by atoms with Crippen LogP contribution in [0.1, 0.15) is 57.7 Å². The second-order valence-corrected chi connectivity index (χ2v) is 15.8. The van der Waals surface area contributed by atoms with Gasteiger partial charge >= 0.3 is 12.1 Å². The number of rotatable bonds is 6. The van der Waals surface area contributed by atoms with Crippen LogP contribution in [0.3, 0.4) is 0 Å². The van der Waals surface area contributed by atoms with Gasteiger partial charge in [-0.15, -0.1) is 0 Å². The number of aromatic nitrogens is 2. The van der Waals surface area contributed by atoms with Crippen molar-refractivity contribution in [3.8, 4) is 6.01 Å². The molecule has 6 heterocycles. The number of hydrogen-bond acceptors (Lipinski definition) is 9. The first-order chi connectivity index (χ1) is 23.5. The van der Waals surface area contributed by atoms with E-state index < -0.39 is 11.8 Å². The highest BCUT2D eigenvalue weighted by Gasteiger charge is 2.52. The molecule has 262 valence electrons. The molecule has 0 spiro atoms. The Labute approximate surface area is 292 Å². The predicted molar refractivity (Wildman–Crippen MR) is 188 cm³/mol. The van der Waals surface area contributed by atoms with E-state index in [0.717, 1.165) is 77.3 Å². The highest BCUT2D eigenvalue weighted by atomic mass is 35.5. The molecule has 0 saturated carbocycles. The summed E-state index contributed by atoms with van der Waals surface area (Å²) in [6.45, 7) is 9.90. The lowest BCUT2D eigenvalue weighted by atomic mass is 9.95. The number of benzene rings is 2. The van der Waals surface area contributed by atoms with E-state index in [1.807, 2.05) is 37.8 Å². The van der Waals surface area contributed by atoms with Gasteiger partial charge in [0.15, 0.2) is 0 Å². The molecule has 5 aliphatic rings. The van der Waals surface area contributed by atoms with Crippen LogP contribution in [0, 0.1) is 0 Å². The molecule has 1 aromatic heterocycles. The first-order valence-corrected chi connectivity index (χ1v) is 18.0. The van der Waals surface area contributed by atoms with Crippen LogP contribution < -0.4 is 14.5 Å².